The van der Waals surface area contributed by atoms with Gasteiger partial charge in [0.15, 0.2) is 0 Å². The summed E-state index contributed by atoms with van der Waals surface area (Å²) >= 11 is 0. The molecule has 0 heterocycles. The van der Waals surface area contributed by atoms with E-state index < -0.39 is 12.1 Å². The van der Waals surface area contributed by atoms with Crippen molar-refractivity contribution < 1.29 is 24.5 Å². The van der Waals surface area contributed by atoms with E-state index in [1.54, 1.807) is 13.8 Å². The molecule has 0 aliphatic heterocycles. The molecule has 0 aromatic heterocycles. The van der Waals surface area contributed by atoms with Crippen LogP contribution in [0.3, 0.4) is 0 Å². The van der Waals surface area contributed by atoms with Crippen LogP contribution >= 0.6 is 0 Å². The van der Waals surface area contributed by atoms with E-state index in [4.69, 9.17) is 5.11 Å². The average Bonchev–Trinajstić information content (AvgIpc) is 2.01. The highest BCUT2D eigenvalue weighted by Gasteiger charge is 2.02. The van der Waals surface area contributed by atoms with Gasteiger partial charge in [0.05, 0.1) is 12.5 Å². The number of carboxylic acid groups (broad SMARTS) is 1. The molecule has 5 nitrogen and oxygen atoms in total. The molecular formula is C8H15O5. The van der Waals surface area contributed by atoms with Crippen LogP contribution in [0.4, 0.5) is 4.79 Å². The Bertz CT molecular complexity index is 153. The Hall–Kier alpha value is -1.26. The van der Waals surface area contributed by atoms with Crippen molar-refractivity contribution in [2.24, 2.45) is 5.92 Å². The molecule has 5 heteroatoms. The predicted molar refractivity (Wildman–Crippen MR) is 44.8 cm³/mol. The molecular weight excluding hydrogens is 176 g/mol. The van der Waals surface area contributed by atoms with Gasteiger partial charge in [0.2, 0.25) is 0 Å². The Morgan fingerprint density at radius 1 is 1.38 bits per heavy atom. The van der Waals surface area contributed by atoms with Gasteiger partial charge in [-0.1, -0.05) is 20.8 Å². The van der Waals surface area contributed by atoms with E-state index >= 15 is 0 Å². The first-order valence-electron chi connectivity index (χ1n) is 3.98. The van der Waals surface area contributed by atoms with Gasteiger partial charge in [-0.3, -0.25) is 0 Å². The van der Waals surface area contributed by atoms with Crippen LogP contribution in [0.25, 0.3) is 0 Å². The van der Waals surface area contributed by atoms with Gasteiger partial charge in [0.25, 0.3) is 0 Å². The molecule has 13 heavy (non-hydrogen) atoms. The first-order valence-corrected chi connectivity index (χ1v) is 3.98. The summed E-state index contributed by atoms with van der Waals surface area (Å²) in [6.45, 7) is 5.31. The zero-order valence-electron chi connectivity index (χ0n) is 8.07. The molecule has 0 saturated carbocycles. The van der Waals surface area contributed by atoms with Crippen LogP contribution in [-0.2, 0) is 14.6 Å². The fourth-order valence-corrected chi connectivity index (χ4v) is 0.189. The van der Waals surface area contributed by atoms with Crippen LogP contribution in [-0.4, -0.2) is 23.8 Å². The second-order valence-corrected chi connectivity index (χ2v) is 2.59. The Morgan fingerprint density at radius 2 is 1.77 bits per heavy atom. The summed E-state index contributed by atoms with van der Waals surface area (Å²) in [7, 11) is 0. The van der Waals surface area contributed by atoms with Crippen molar-refractivity contribution >= 4 is 12.1 Å². The molecule has 0 amide bonds. The Morgan fingerprint density at radius 3 is 1.85 bits per heavy atom. The molecule has 1 radical (unpaired) electrons. The highest BCUT2D eigenvalue weighted by atomic mass is 16.7. The lowest BCUT2D eigenvalue weighted by atomic mass is 10.2. The minimum Gasteiger partial charge on any atom is -0.450 e. The molecule has 0 saturated heterocycles. The van der Waals surface area contributed by atoms with E-state index in [1.165, 1.54) is 0 Å². The molecule has 0 spiro atoms. The van der Waals surface area contributed by atoms with Crippen molar-refractivity contribution in [2.75, 3.05) is 6.61 Å². The summed E-state index contributed by atoms with van der Waals surface area (Å²) < 4.78 is 4.11. The Kier molecular flexibility index (Phi) is 9.70. The predicted octanol–water partition coefficient (Wildman–Crippen LogP) is 1.69. The minimum absolute atomic E-state index is 0.301. The monoisotopic (exact) mass is 191 g/mol. The van der Waals surface area contributed by atoms with Crippen LogP contribution in [0.2, 0.25) is 0 Å². The van der Waals surface area contributed by atoms with Crippen molar-refractivity contribution in [3.63, 3.8) is 0 Å². The average molecular weight is 191 g/mol. The first kappa shape index (κ1) is 14.3. The van der Waals surface area contributed by atoms with Crippen LogP contribution in [0, 0.1) is 5.92 Å². The molecule has 0 aliphatic rings. The molecule has 0 rings (SSSR count). The Balaban J connectivity index is 0. The quantitative estimate of drug-likeness (QED) is 0.688. The molecule has 77 valence electrons. The number of hydrogen-bond acceptors (Lipinski definition) is 3. The second-order valence-electron chi connectivity index (χ2n) is 2.59. The van der Waals surface area contributed by atoms with E-state index in [0.717, 1.165) is 6.42 Å². The lowest BCUT2D eigenvalue weighted by Crippen LogP contribution is -2.01. The molecule has 0 aliphatic carbocycles. The maximum Gasteiger partial charge on any atom is 0.505 e. The topological polar surface area (TPSA) is 83.5 Å². The van der Waals surface area contributed by atoms with Gasteiger partial charge in [-0.05, 0) is 6.42 Å². The summed E-state index contributed by atoms with van der Waals surface area (Å²) in [5.41, 5.74) is 0. The third-order valence-corrected chi connectivity index (χ3v) is 0.901. The third kappa shape index (κ3) is 18.1. The van der Waals surface area contributed by atoms with Crippen LogP contribution < -0.4 is 0 Å². The third-order valence-electron chi connectivity index (χ3n) is 0.901. The van der Waals surface area contributed by atoms with Crippen molar-refractivity contribution in [3.8, 4) is 0 Å². The van der Waals surface area contributed by atoms with Crippen LogP contribution in [0.5, 0.6) is 0 Å². The maximum absolute atomic E-state index is 9.59. The smallest absolute Gasteiger partial charge is 0.450 e. The number of rotatable bonds is 3. The van der Waals surface area contributed by atoms with E-state index in [2.05, 4.69) is 4.74 Å². The van der Waals surface area contributed by atoms with E-state index in [0.29, 0.717) is 6.61 Å². The Labute approximate surface area is 77.3 Å². The maximum atomic E-state index is 9.59. The standard InChI is InChI=1S/C4H8O3.C4H7O2/c1-2-3-7-4(5)6;1-3(2)4(5)6/h2-3H2,1H3,(H,5,6);3H,1-2H3. The highest BCUT2D eigenvalue weighted by molar-refractivity contribution is 5.68. The molecule has 1 N–H and O–H groups in total. The van der Waals surface area contributed by atoms with Crippen LogP contribution in [0.1, 0.15) is 27.2 Å². The zero-order valence-corrected chi connectivity index (χ0v) is 8.07. The van der Waals surface area contributed by atoms with Crippen molar-refractivity contribution in [1.29, 1.82) is 0 Å². The number of carbonyl (C=O) groups excluding carboxylic acids is 1. The lowest BCUT2D eigenvalue weighted by molar-refractivity contribution is -0.146. The van der Waals surface area contributed by atoms with Crippen LogP contribution in [0.15, 0.2) is 0 Å². The van der Waals surface area contributed by atoms with E-state index in [9.17, 15) is 14.7 Å². The summed E-state index contributed by atoms with van der Waals surface area (Å²) in [4.78, 5) is 19.1. The summed E-state index contributed by atoms with van der Waals surface area (Å²) in [5.74, 6) is -1.33. The second kappa shape index (κ2) is 8.83. The van der Waals surface area contributed by atoms with E-state index in [-0.39, 0.29) is 5.92 Å². The summed E-state index contributed by atoms with van der Waals surface area (Å²) in [6.07, 6.45) is -0.450. The fourth-order valence-electron chi connectivity index (χ4n) is 0.189. The molecule has 0 atom stereocenters. The lowest BCUT2D eigenvalue weighted by Gasteiger charge is -1.91. The van der Waals surface area contributed by atoms with Crippen molar-refractivity contribution in [1.82, 2.24) is 0 Å². The first-order chi connectivity index (χ1) is 5.91. The normalized spacial score (nSPS) is 8.62. The van der Waals surface area contributed by atoms with Gasteiger partial charge in [-0.15, -0.1) is 0 Å². The molecule has 0 fully saturated rings. The highest BCUT2D eigenvalue weighted by Crippen LogP contribution is 1.87. The molecule has 0 bridgehead atoms. The van der Waals surface area contributed by atoms with Gasteiger partial charge in [-0.25, -0.2) is 14.7 Å². The van der Waals surface area contributed by atoms with Gasteiger partial charge in [0.1, 0.15) is 0 Å². The molecule has 0 unspecified atom stereocenters. The SMILES string of the molecule is CC(C)C([O])=O.CCCOC(=O)O. The number of ether oxygens (including phenoxy) is 1. The van der Waals surface area contributed by atoms with Crippen molar-refractivity contribution in [3.05, 3.63) is 0 Å². The van der Waals surface area contributed by atoms with Gasteiger partial charge < -0.3 is 9.84 Å². The molecule has 0 aromatic rings. The largest absolute Gasteiger partial charge is 0.505 e. The zero-order chi connectivity index (χ0) is 10.9. The number of carbonyl (C=O) groups is 2. The van der Waals surface area contributed by atoms with Gasteiger partial charge in [0, 0.05) is 0 Å². The fraction of sp³-hybridized carbons (Fsp3) is 0.750. The van der Waals surface area contributed by atoms with Gasteiger partial charge >= 0.3 is 12.1 Å². The number of hydrogen-bond donors (Lipinski definition) is 1. The van der Waals surface area contributed by atoms with Crippen molar-refractivity contribution in [2.45, 2.75) is 27.2 Å². The minimum atomic E-state index is -1.19. The summed E-state index contributed by atoms with van der Waals surface area (Å²) in [5, 5.41) is 17.4. The van der Waals surface area contributed by atoms with Gasteiger partial charge in [-0.2, -0.15) is 0 Å². The van der Waals surface area contributed by atoms with E-state index in [1.807, 2.05) is 6.92 Å². The summed E-state index contributed by atoms with van der Waals surface area (Å²) in [6, 6.07) is 0. The molecule has 0 aromatic carbocycles.